The number of aromatic amines is 1. The highest BCUT2D eigenvalue weighted by molar-refractivity contribution is 6.30. The van der Waals surface area contributed by atoms with E-state index < -0.39 is 0 Å². The Morgan fingerprint density at radius 2 is 2.10 bits per heavy atom. The minimum atomic E-state index is 0.0157. The lowest BCUT2D eigenvalue weighted by Gasteiger charge is -2.42. The molecule has 1 fully saturated rings. The van der Waals surface area contributed by atoms with E-state index in [9.17, 15) is 0 Å². The highest BCUT2D eigenvalue weighted by atomic mass is 35.5. The highest BCUT2D eigenvalue weighted by Crippen LogP contribution is 2.39. The number of rotatable bonds is 5. The second kappa shape index (κ2) is 9.06. The van der Waals surface area contributed by atoms with E-state index in [4.69, 9.17) is 21.7 Å². The van der Waals surface area contributed by atoms with Gasteiger partial charge >= 0.3 is 0 Å². The third kappa shape index (κ3) is 4.45. The molecule has 2 aliphatic heterocycles. The first-order valence-corrected chi connectivity index (χ1v) is 10.8. The highest BCUT2D eigenvalue weighted by Gasteiger charge is 2.33. The molecule has 4 rings (SSSR count). The van der Waals surface area contributed by atoms with Gasteiger partial charge < -0.3 is 14.8 Å². The molecule has 0 aliphatic carbocycles. The summed E-state index contributed by atoms with van der Waals surface area (Å²) in [6, 6.07) is 10.0. The van der Waals surface area contributed by atoms with E-state index in [-0.39, 0.29) is 6.04 Å². The van der Waals surface area contributed by atoms with Gasteiger partial charge in [-0.1, -0.05) is 17.7 Å². The maximum Gasteiger partial charge on any atom is 0.223 e. The van der Waals surface area contributed by atoms with Gasteiger partial charge in [-0.25, -0.2) is 10.0 Å². The van der Waals surface area contributed by atoms with Crippen molar-refractivity contribution in [2.45, 2.75) is 25.8 Å². The normalized spacial score (nSPS) is 20.2. The SMILES string of the molecule is C=CCC1c2cc(Cl)ccc2N=C(N2CCN(C)CC2)N1/N=C(\C)Cc1ccc[nH]1. The number of benzene rings is 1. The van der Waals surface area contributed by atoms with Gasteiger partial charge in [-0.05, 0) is 50.7 Å². The summed E-state index contributed by atoms with van der Waals surface area (Å²) in [5.74, 6) is 0.913. The number of H-pyrrole nitrogens is 1. The Labute approximate surface area is 183 Å². The number of halogens is 1. The van der Waals surface area contributed by atoms with Gasteiger partial charge in [0.15, 0.2) is 0 Å². The van der Waals surface area contributed by atoms with Crippen LogP contribution in [0.4, 0.5) is 5.69 Å². The molecule has 1 saturated heterocycles. The third-order valence-corrected chi connectivity index (χ3v) is 5.87. The standard InChI is InChI=1S/C23H29ClN6/c1-4-6-22-20-16-18(24)8-9-21(20)26-23(29-13-11-28(3)12-14-29)30(22)27-17(2)15-19-7-5-10-25-19/h4-5,7-10,16,22,25H,1,6,11-15H2,2-3H3/b27-17+. The number of hydrogen-bond acceptors (Lipinski definition) is 5. The Morgan fingerprint density at radius 1 is 1.30 bits per heavy atom. The molecule has 1 aromatic carbocycles. The van der Waals surface area contributed by atoms with Crippen molar-refractivity contribution in [3.05, 3.63) is 65.5 Å². The van der Waals surface area contributed by atoms with Crippen LogP contribution in [0.3, 0.4) is 0 Å². The predicted octanol–water partition coefficient (Wildman–Crippen LogP) is 4.45. The van der Waals surface area contributed by atoms with Crippen molar-refractivity contribution < 1.29 is 0 Å². The van der Waals surface area contributed by atoms with Crippen molar-refractivity contribution >= 4 is 29.0 Å². The summed E-state index contributed by atoms with van der Waals surface area (Å²) in [7, 11) is 2.16. The van der Waals surface area contributed by atoms with Crippen LogP contribution < -0.4 is 0 Å². The molecular weight excluding hydrogens is 396 g/mol. The number of nitrogens with zero attached hydrogens (tertiary/aromatic N) is 5. The molecular formula is C23H29ClN6. The third-order valence-electron chi connectivity index (χ3n) is 5.63. The van der Waals surface area contributed by atoms with Crippen molar-refractivity contribution in [3.8, 4) is 0 Å². The second-order valence-corrected chi connectivity index (χ2v) is 8.43. The second-order valence-electron chi connectivity index (χ2n) is 8.00. The summed E-state index contributed by atoms with van der Waals surface area (Å²) in [4.78, 5) is 13.0. The lowest BCUT2D eigenvalue weighted by Crippen LogP contribution is -2.53. The summed E-state index contributed by atoms with van der Waals surface area (Å²) in [6.45, 7) is 9.95. The summed E-state index contributed by atoms with van der Waals surface area (Å²) in [5, 5.41) is 7.87. The van der Waals surface area contributed by atoms with Crippen LogP contribution in [0.2, 0.25) is 5.02 Å². The van der Waals surface area contributed by atoms with E-state index in [1.54, 1.807) is 0 Å². The van der Waals surface area contributed by atoms with Crippen LogP contribution in [0, 0.1) is 0 Å². The first kappa shape index (κ1) is 20.7. The molecule has 2 aliphatic rings. The number of hydrogen-bond donors (Lipinski definition) is 1. The predicted molar refractivity (Wildman–Crippen MR) is 125 cm³/mol. The quantitative estimate of drug-likeness (QED) is 0.569. The summed E-state index contributed by atoms with van der Waals surface area (Å²) >= 11 is 6.34. The molecule has 1 atom stereocenters. The number of likely N-dealkylation sites (N-methyl/N-ethyl adjacent to an activating group) is 1. The van der Waals surface area contributed by atoms with Crippen LogP contribution in [0.15, 0.2) is 59.3 Å². The Bertz CT molecular complexity index is 941. The fraction of sp³-hybridized carbons (Fsp3) is 0.391. The van der Waals surface area contributed by atoms with E-state index in [1.807, 2.05) is 36.5 Å². The zero-order chi connectivity index (χ0) is 21.1. The van der Waals surface area contributed by atoms with E-state index in [0.717, 1.165) is 67.6 Å². The molecule has 7 heteroatoms. The van der Waals surface area contributed by atoms with Crippen molar-refractivity contribution in [2.24, 2.45) is 10.1 Å². The zero-order valence-electron chi connectivity index (χ0n) is 17.7. The van der Waals surface area contributed by atoms with Crippen LogP contribution in [-0.2, 0) is 6.42 Å². The van der Waals surface area contributed by atoms with Gasteiger partial charge in [-0.3, -0.25) is 0 Å². The Kier molecular flexibility index (Phi) is 6.25. The van der Waals surface area contributed by atoms with E-state index >= 15 is 0 Å². The molecule has 0 saturated carbocycles. The number of piperazine rings is 1. The molecule has 1 N–H and O–H groups in total. The van der Waals surface area contributed by atoms with E-state index in [0.29, 0.717) is 5.02 Å². The lowest BCUT2D eigenvalue weighted by atomic mass is 9.99. The fourth-order valence-corrected chi connectivity index (χ4v) is 4.20. The maximum absolute atomic E-state index is 6.34. The van der Waals surface area contributed by atoms with Gasteiger partial charge in [0, 0.05) is 60.8 Å². The van der Waals surface area contributed by atoms with Gasteiger partial charge in [-0.15, -0.1) is 6.58 Å². The number of hydrazone groups is 1. The summed E-state index contributed by atoms with van der Waals surface area (Å²) in [6.07, 6.45) is 5.42. The molecule has 0 amide bonds. The minimum absolute atomic E-state index is 0.0157. The molecule has 1 unspecified atom stereocenters. The van der Waals surface area contributed by atoms with Crippen LogP contribution in [-0.4, -0.2) is 64.7 Å². The van der Waals surface area contributed by atoms with Crippen molar-refractivity contribution in [1.29, 1.82) is 0 Å². The monoisotopic (exact) mass is 424 g/mol. The number of guanidine groups is 1. The Hall–Kier alpha value is -2.57. The first-order chi connectivity index (χ1) is 14.5. The van der Waals surface area contributed by atoms with Crippen molar-refractivity contribution in [3.63, 3.8) is 0 Å². The molecule has 0 radical (unpaired) electrons. The average molecular weight is 425 g/mol. The van der Waals surface area contributed by atoms with Gasteiger partial charge in [0.2, 0.25) is 5.96 Å². The Balaban J connectivity index is 1.74. The van der Waals surface area contributed by atoms with Crippen LogP contribution in [0.1, 0.15) is 30.6 Å². The first-order valence-electron chi connectivity index (χ1n) is 10.4. The Morgan fingerprint density at radius 3 is 2.80 bits per heavy atom. The van der Waals surface area contributed by atoms with Crippen LogP contribution in [0.25, 0.3) is 0 Å². The average Bonchev–Trinajstić information content (AvgIpc) is 3.23. The van der Waals surface area contributed by atoms with Crippen LogP contribution in [0.5, 0.6) is 0 Å². The zero-order valence-corrected chi connectivity index (χ0v) is 18.4. The maximum atomic E-state index is 6.34. The number of aromatic nitrogens is 1. The van der Waals surface area contributed by atoms with Crippen molar-refractivity contribution in [1.82, 2.24) is 19.8 Å². The molecule has 0 bridgehead atoms. The van der Waals surface area contributed by atoms with Gasteiger partial charge in [0.1, 0.15) is 0 Å². The molecule has 0 spiro atoms. The molecule has 158 valence electrons. The fourth-order valence-electron chi connectivity index (χ4n) is 4.02. The summed E-state index contributed by atoms with van der Waals surface area (Å²) in [5.41, 5.74) is 4.24. The van der Waals surface area contributed by atoms with Gasteiger partial charge in [-0.2, -0.15) is 5.10 Å². The molecule has 30 heavy (non-hydrogen) atoms. The van der Waals surface area contributed by atoms with E-state index in [1.165, 1.54) is 0 Å². The minimum Gasteiger partial charge on any atom is -0.365 e. The van der Waals surface area contributed by atoms with Gasteiger partial charge in [0.05, 0.1) is 11.7 Å². The number of nitrogens with one attached hydrogen (secondary N) is 1. The molecule has 6 nitrogen and oxygen atoms in total. The number of fused-ring (bicyclic) bond motifs is 1. The van der Waals surface area contributed by atoms with Gasteiger partial charge in [0.25, 0.3) is 0 Å². The number of aliphatic imine (C=N–C) groups is 1. The smallest absolute Gasteiger partial charge is 0.223 e. The topological polar surface area (TPSA) is 50.2 Å². The van der Waals surface area contributed by atoms with Crippen molar-refractivity contribution in [2.75, 3.05) is 33.2 Å². The molecule has 2 aromatic rings. The summed E-state index contributed by atoms with van der Waals surface area (Å²) < 4.78 is 0. The van der Waals surface area contributed by atoms with Crippen LogP contribution >= 0.6 is 11.6 Å². The largest absolute Gasteiger partial charge is 0.365 e. The lowest BCUT2D eigenvalue weighted by molar-refractivity contribution is 0.184. The van der Waals surface area contributed by atoms with E-state index in [2.05, 4.69) is 46.4 Å². The molecule has 1 aromatic heterocycles. The molecule has 3 heterocycles.